The maximum Gasteiger partial charge on any atom is 0.0500 e. The first kappa shape index (κ1) is 12.9. The Labute approximate surface area is 94.2 Å². The van der Waals surface area contributed by atoms with Crippen molar-refractivity contribution in [2.24, 2.45) is 5.92 Å². The van der Waals surface area contributed by atoms with Gasteiger partial charge in [-0.05, 0) is 31.8 Å². The first-order chi connectivity index (χ1) is 7.26. The van der Waals surface area contributed by atoms with Crippen LogP contribution in [0.5, 0.6) is 0 Å². The fourth-order valence-electron chi connectivity index (χ4n) is 2.29. The molecule has 2 unspecified atom stereocenters. The minimum absolute atomic E-state index is 0.653. The van der Waals surface area contributed by atoms with Crippen molar-refractivity contribution in [3.63, 3.8) is 0 Å². The summed E-state index contributed by atoms with van der Waals surface area (Å²) in [6.45, 7) is 10.2. The minimum atomic E-state index is 0.653. The van der Waals surface area contributed by atoms with Gasteiger partial charge in [0.15, 0.2) is 0 Å². The van der Waals surface area contributed by atoms with Crippen LogP contribution in [0, 0.1) is 5.92 Å². The van der Waals surface area contributed by atoms with E-state index in [1.807, 2.05) is 0 Å². The van der Waals surface area contributed by atoms with Gasteiger partial charge in [0.05, 0.1) is 0 Å². The first-order valence-electron chi connectivity index (χ1n) is 6.21. The van der Waals surface area contributed by atoms with Crippen molar-refractivity contribution in [2.75, 3.05) is 39.9 Å². The largest absolute Gasteiger partial charge is 0.384 e. The van der Waals surface area contributed by atoms with Crippen LogP contribution in [0.15, 0.2) is 0 Å². The Morgan fingerprint density at radius 3 is 3.00 bits per heavy atom. The number of rotatable bonds is 7. The molecule has 0 bridgehead atoms. The van der Waals surface area contributed by atoms with Gasteiger partial charge in [0, 0.05) is 32.8 Å². The number of hydrogen-bond donors (Lipinski definition) is 1. The first-order valence-corrected chi connectivity index (χ1v) is 6.21. The smallest absolute Gasteiger partial charge is 0.0500 e. The van der Waals surface area contributed by atoms with Crippen molar-refractivity contribution in [2.45, 2.75) is 32.7 Å². The van der Waals surface area contributed by atoms with Gasteiger partial charge >= 0.3 is 0 Å². The van der Waals surface area contributed by atoms with E-state index in [0.29, 0.717) is 5.92 Å². The van der Waals surface area contributed by atoms with Gasteiger partial charge in [-0.25, -0.2) is 0 Å². The van der Waals surface area contributed by atoms with E-state index in [9.17, 15) is 0 Å². The number of methoxy groups -OCH3 is 1. The zero-order valence-corrected chi connectivity index (χ0v) is 10.5. The summed E-state index contributed by atoms with van der Waals surface area (Å²) in [5.41, 5.74) is 0. The summed E-state index contributed by atoms with van der Waals surface area (Å²) in [4.78, 5) is 2.55. The molecule has 3 heteroatoms. The van der Waals surface area contributed by atoms with Crippen LogP contribution in [0.3, 0.4) is 0 Å². The molecule has 0 aromatic carbocycles. The highest BCUT2D eigenvalue weighted by Gasteiger charge is 2.22. The van der Waals surface area contributed by atoms with Crippen LogP contribution >= 0.6 is 0 Å². The van der Waals surface area contributed by atoms with Gasteiger partial charge in [0.1, 0.15) is 0 Å². The van der Waals surface area contributed by atoms with Crippen molar-refractivity contribution >= 4 is 0 Å². The van der Waals surface area contributed by atoms with Gasteiger partial charge in [-0.15, -0.1) is 0 Å². The van der Waals surface area contributed by atoms with Gasteiger partial charge in [0.25, 0.3) is 0 Å². The predicted octanol–water partition coefficient (Wildman–Crippen LogP) is 1.34. The summed E-state index contributed by atoms with van der Waals surface area (Å²) in [5, 5.41) is 3.59. The van der Waals surface area contributed by atoms with E-state index in [1.54, 1.807) is 7.11 Å². The molecule has 0 aliphatic carbocycles. The van der Waals surface area contributed by atoms with Crippen LogP contribution in [0.25, 0.3) is 0 Å². The molecular weight excluding hydrogens is 188 g/mol. The molecule has 90 valence electrons. The third-order valence-electron chi connectivity index (χ3n) is 2.98. The Balaban J connectivity index is 2.12. The highest BCUT2D eigenvalue weighted by atomic mass is 16.5. The molecule has 0 spiro atoms. The van der Waals surface area contributed by atoms with Gasteiger partial charge < -0.3 is 15.0 Å². The molecule has 1 rings (SSSR count). The van der Waals surface area contributed by atoms with Crippen LogP contribution in [-0.2, 0) is 4.74 Å². The minimum Gasteiger partial charge on any atom is -0.384 e. The fourth-order valence-corrected chi connectivity index (χ4v) is 2.29. The summed E-state index contributed by atoms with van der Waals surface area (Å²) in [6, 6.07) is 0.722. The Morgan fingerprint density at radius 1 is 1.53 bits per heavy atom. The highest BCUT2D eigenvalue weighted by molar-refractivity contribution is 4.81. The van der Waals surface area contributed by atoms with E-state index in [1.165, 1.54) is 32.5 Å². The second-order valence-corrected chi connectivity index (χ2v) is 4.76. The van der Waals surface area contributed by atoms with Crippen LogP contribution in [0.1, 0.15) is 26.7 Å². The summed E-state index contributed by atoms with van der Waals surface area (Å²) in [6.07, 6.45) is 2.54. The highest BCUT2D eigenvalue weighted by Crippen LogP contribution is 2.11. The molecule has 0 amide bonds. The molecule has 0 aromatic heterocycles. The number of nitrogens with zero attached hydrogens (tertiary/aromatic N) is 1. The Kier molecular flexibility index (Phi) is 6.22. The number of nitrogens with one attached hydrogen (secondary N) is 1. The van der Waals surface area contributed by atoms with Crippen molar-refractivity contribution in [1.29, 1.82) is 0 Å². The predicted molar refractivity (Wildman–Crippen MR) is 64.2 cm³/mol. The molecule has 1 aliphatic rings. The molecule has 2 atom stereocenters. The normalized spacial score (nSPS) is 24.6. The fraction of sp³-hybridized carbons (Fsp3) is 1.00. The topological polar surface area (TPSA) is 24.5 Å². The second kappa shape index (κ2) is 7.20. The molecule has 1 heterocycles. The molecule has 0 radical (unpaired) electrons. The third kappa shape index (κ3) is 4.96. The lowest BCUT2D eigenvalue weighted by Gasteiger charge is -2.20. The van der Waals surface area contributed by atoms with Crippen molar-refractivity contribution in [1.82, 2.24) is 10.2 Å². The van der Waals surface area contributed by atoms with Gasteiger partial charge in [-0.1, -0.05) is 13.8 Å². The lowest BCUT2D eigenvalue weighted by Crippen LogP contribution is -2.34. The van der Waals surface area contributed by atoms with Crippen LogP contribution < -0.4 is 5.32 Å². The average molecular weight is 214 g/mol. The zero-order chi connectivity index (χ0) is 11.1. The summed E-state index contributed by atoms with van der Waals surface area (Å²) in [7, 11) is 1.78. The number of likely N-dealkylation sites (tertiary alicyclic amines) is 1. The Morgan fingerprint density at radius 2 is 2.33 bits per heavy atom. The Bertz CT molecular complexity index is 164. The van der Waals surface area contributed by atoms with E-state index >= 15 is 0 Å². The van der Waals surface area contributed by atoms with Gasteiger partial charge in [-0.3, -0.25) is 0 Å². The van der Waals surface area contributed by atoms with E-state index < -0.39 is 0 Å². The van der Waals surface area contributed by atoms with E-state index in [-0.39, 0.29) is 0 Å². The molecule has 1 N–H and O–H groups in total. The third-order valence-corrected chi connectivity index (χ3v) is 2.98. The second-order valence-electron chi connectivity index (χ2n) is 4.76. The molecule has 0 saturated carbocycles. The monoisotopic (exact) mass is 214 g/mol. The number of ether oxygens (including phenoxy) is 1. The Hall–Kier alpha value is -0.120. The SMILES string of the molecule is CCCNC1CCN(CC(C)COC)C1. The van der Waals surface area contributed by atoms with E-state index in [2.05, 4.69) is 24.1 Å². The maximum absolute atomic E-state index is 5.16. The molecule has 15 heavy (non-hydrogen) atoms. The number of hydrogen-bond acceptors (Lipinski definition) is 3. The van der Waals surface area contributed by atoms with Crippen molar-refractivity contribution in [3.8, 4) is 0 Å². The standard InChI is InChI=1S/C12H26N2O/c1-4-6-13-12-5-7-14(9-12)8-11(2)10-15-3/h11-13H,4-10H2,1-3H3. The lowest BCUT2D eigenvalue weighted by atomic mass is 10.2. The molecule has 0 aromatic rings. The average Bonchev–Trinajstić information content (AvgIpc) is 2.63. The summed E-state index contributed by atoms with van der Waals surface area (Å²) >= 11 is 0. The molecule has 1 fully saturated rings. The van der Waals surface area contributed by atoms with E-state index in [0.717, 1.165) is 19.2 Å². The van der Waals surface area contributed by atoms with Crippen molar-refractivity contribution in [3.05, 3.63) is 0 Å². The van der Waals surface area contributed by atoms with Crippen LogP contribution in [-0.4, -0.2) is 50.8 Å². The van der Waals surface area contributed by atoms with Gasteiger partial charge in [0.2, 0.25) is 0 Å². The lowest BCUT2D eigenvalue weighted by molar-refractivity contribution is 0.136. The molecule has 1 saturated heterocycles. The van der Waals surface area contributed by atoms with Crippen LogP contribution in [0.4, 0.5) is 0 Å². The van der Waals surface area contributed by atoms with E-state index in [4.69, 9.17) is 4.74 Å². The quantitative estimate of drug-likeness (QED) is 0.692. The summed E-state index contributed by atoms with van der Waals surface area (Å²) < 4.78 is 5.16. The van der Waals surface area contributed by atoms with Crippen molar-refractivity contribution < 1.29 is 4.74 Å². The zero-order valence-electron chi connectivity index (χ0n) is 10.5. The summed E-state index contributed by atoms with van der Waals surface area (Å²) in [5.74, 6) is 0.653. The molecular formula is C12H26N2O. The molecule has 3 nitrogen and oxygen atoms in total. The molecule has 1 aliphatic heterocycles. The maximum atomic E-state index is 5.16. The van der Waals surface area contributed by atoms with Crippen LogP contribution in [0.2, 0.25) is 0 Å². The van der Waals surface area contributed by atoms with Gasteiger partial charge in [-0.2, -0.15) is 0 Å².